The first-order valence-electron chi connectivity index (χ1n) is 6.53. The second kappa shape index (κ2) is 7.57. The van der Waals surface area contributed by atoms with Gasteiger partial charge in [-0.1, -0.05) is 43.7 Å². The monoisotopic (exact) mass is 280 g/mol. The molecule has 2 unspecified atom stereocenters. The van der Waals surface area contributed by atoms with E-state index in [1.165, 1.54) is 6.07 Å². The summed E-state index contributed by atoms with van der Waals surface area (Å²) in [6.45, 7) is 8.01. The normalized spacial score (nSPS) is 13.4. The molecule has 0 aliphatic heterocycles. The van der Waals surface area contributed by atoms with Gasteiger partial charge in [0.2, 0.25) is 0 Å². The SMILES string of the molecule is C=C(CCC)/C(C)=C\C(O)Cc1c(F)cccc1P. The molecule has 1 nitrogen and oxygen atoms in total. The molecule has 0 radical (unpaired) electrons. The molecule has 0 fully saturated rings. The van der Waals surface area contributed by atoms with E-state index in [1.807, 2.05) is 13.0 Å². The molecular formula is C16H22FOP. The standard InChI is InChI=1S/C16H22FOP/c1-4-6-11(2)12(3)9-13(18)10-14-15(17)7-5-8-16(14)19/h5,7-9,13,18H,2,4,6,10,19H2,1,3H3/b12-9-. The summed E-state index contributed by atoms with van der Waals surface area (Å²) in [5, 5.41) is 10.8. The van der Waals surface area contributed by atoms with Gasteiger partial charge in [-0.2, -0.15) is 0 Å². The summed E-state index contributed by atoms with van der Waals surface area (Å²) >= 11 is 0. The van der Waals surface area contributed by atoms with Gasteiger partial charge in [0.25, 0.3) is 0 Å². The molecule has 104 valence electrons. The topological polar surface area (TPSA) is 20.2 Å². The van der Waals surface area contributed by atoms with Crippen LogP contribution in [0.2, 0.25) is 0 Å². The third-order valence-electron chi connectivity index (χ3n) is 3.12. The lowest BCUT2D eigenvalue weighted by molar-refractivity contribution is 0.222. The molecule has 1 aromatic rings. The van der Waals surface area contributed by atoms with E-state index in [0.29, 0.717) is 5.56 Å². The van der Waals surface area contributed by atoms with Gasteiger partial charge in [0, 0.05) is 6.42 Å². The lowest BCUT2D eigenvalue weighted by Crippen LogP contribution is -2.15. The number of hydrogen-bond acceptors (Lipinski definition) is 1. The van der Waals surface area contributed by atoms with Crippen molar-refractivity contribution in [3.63, 3.8) is 0 Å². The predicted molar refractivity (Wildman–Crippen MR) is 83.3 cm³/mol. The van der Waals surface area contributed by atoms with Crippen LogP contribution in [0.1, 0.15) is 32.3 Å². The molecule has 1 aromatic carbocycles. The van der Waals surface area contributed by atoms with Crippen molar-refractivity contribution in [3.05, 3.63) is 53.4 Å². The van der Waals surface area contributed by atoms with Crippen LogP contribution in [0.25, 0.3) is 0 Å². The summed E-state index contributed by atoms with van der Waals surface area (Å²) in [5.74, 6) is -0.273. The third kappa shape index (κ3) is 4.89. The van der Waals surface area contributed by atoms with Gasteiger partial charge in [-0.3, -0.25) is 0 Å². The van der Waals surface area contributed by atoms with E-state index in [2.05, 4.69) is 22.7 Å². The van der Waals surface area contributed by atoms with Crippen LogP contribution in [0.5, 0.6) is 0 Å². The molecule has 0 aliphatic carbocycles. The Morgan fingerprint density at radius 3 is 2.79 bits per heavy atom. The molecule has 2 atom stereocenters. The molecule has 1 N–H and O–H groups in total. The van der Waals surface area contributed by atoms with Crippen molar-refractivity contribution in [2.75, 3.05) is 0 Å². The van der Waals surface area contributed by atoms with Crippen LogP contribution in [0, 0.1) is 5.82 Å². The highest BCUT2D eigenvalue weighted by atomic mass is 31.0. The predicted octanol–water partition coefficient (Wildman–Crippen LogP) is 3.53. The molecule has 0 saturated heterocycles. The van der Waals surface area contributed by atoms with Gasteiger partial charge in [0.1, 0.15) is 5.82 Å². The maximum Gasteiger partial charge on any atom is 0.127 e. The Hall–Kier alpha value is -0.980. The largest absolute Gasteiger partial charge is 0.389 e. The first-order chi connectivity index (χ1) is 8.95. The van der Waals surface area contributed by atoms with Gasteiger partial charge in [-0.25, -0.2) is 4.39 Å². The van der Waals surface area contributed by atoms with E-state index in [-0.39, 0.29) is 12.2 Å². The van der Waals surface area contributed by atoms with Crippen molar-refractivity contribution in [2.45, 2.75) is 39.2 Å². The first kappa shape index (κ1) is 16.1. The molecule has 0 amide bonds. The second-order valence-electron chi connectivity index (χ2n) is 4.78. The number of hydrogen-bond donors (Lipinski definition) is 1. The van der Waals surface area contributed by atoms with Gasteiger partial charge in [0.15, 0.2) is 0 Å². The number of allylic oxidation sites excluding steroid dienone is 2. The van der Waals surface area contributed by atoms with Crippen LogP contribution in [-0.4, -0.2) is 11.2 Å². The zero-order chi connectivity index (χ0) is 14.4. The van der Waals surface area contributed by atoms with E-state index in [4.69, 9.17) is 0 Å². The summed E-state index contributed by atoms with van der Waals surface area (Å²) < 4.78 is 13.7. The summed E-state index contributed by atoms with van der Waals surface area (Å²) in [4.78, 5) is 0. The maximum atomic E-state index is 13.7. The molecule has 0 heterocycles. The maximum absolute atomic E-state index is 13.7. The van der Waals surface area contributed by atoms with E-state index in [1.54, 1.807) is 12.1 Å². The fraction of sp³-hybridized carbons (Fsp3) is 0.375. The molecule has 0 aromatic heterocycles. The highest BCUT2D eigenvalue weighted by molar-refractivity contribution is 7.27. The van der Waals surface area contributed by atoms with Crippen LogP contribution in [-0.2, 0) is 6.42 Å². The van der Waals surface area contributed by atoms with E-state index < -0.39 is 6.10 Å². The highest BCUT2D eigenvalue weighted by Crippen LogP contribution is 2.16. The molecule has 1 rings (SSSR count). The zero-order valence-electron chi connectivity index (χ0n) is 11.6. The summed E-state index contributed by atoms with van der Waals surface area (Å²) in [6.07, 6.45) is 3.30. The number of rotatable bonds is 6. The number of aliphatic hydroxyl groups excluding tert-OH is 1. The lowest BCUT2D eigenvalue weighted by atomic mass is 10.0. The fourth-order valence-electron chi connectivity index (χ4n) is 1.96. The average molecular weight is 280 g/mol. The second-order valence-corrected chi connectivity index (χ2v) is 5.40. The van der Waals surface area contributed by atoms with Gasteiger partial charge >= 0.3 is 0 Å². The van der Waals surface area contributed by atoms with Gasteiger partial charge in [-0.15, -0.1) is 9.24 Å². The molecule has 19 heavy (non-hydrogen) atoms. The molecule has 3 heteroatoms. The van der Waals surface area contributed by atoms with Crippen LogP contribution in [0.15, 0.2) is 42.0 Å². The van der Waals surface area contributed by atoms with Gasteiger partial charge < -0.3 is 5.11 Å². The van der Waals surface area contributed by atoms with Crippen molar-refractivity contribution >= 4 is 14.5 Å². The first-order valence-corrected chi connectivity index (χ1v) is 7.11. The molecule has 0 bridgehead atoms. The Morgan fingerprint density at radius 1 is 1.53 bits per heavy atom. The highest BCUT2D eigenvalue weighted by Gasteiger charge is 2.10. The number of aliphatic hydroxyl groups is 1. The quantitative estimate of drug-likeness (QED) is 0.624. The average Bonchev–Trinajstić information content (AvgIpc) is 2.34. The van der Waals surface area contributed by atoms with Crippen LogP contribution < -0.4 is 5.30 Å². The molecule has 0 saturated carbocycles. The van der Waals surface area contributed by atoms with E-state index in [0.717, 1.165) is 29.3 Å². The van der Waals surface area contributed by atoms with Gasteiger partial charge in [0.05, 0.1) is 6.10 Å². The Labute approximate surface area is 117 Å². The van der Waals surface area contributed by atoms with Crippen molar-refractivity contribution in [1.29, 1.82) is 0 Å². The molecule has 0 spiro atoms. The molecular weight excluding hydrogens is 258 g/mol. The Bertz CT molecular complexity index is 459. The fourth-order valence-corrected chi connectivity index (χ4v) is 2.33. The van der Waals surface area contributed by atoms with Crippen molar-refractivity contribution in [1.82, 2.24) is 0 Å². The van der Waals surface area contributed by atoms with Crippen LogP contribution in [0.3, 0.4) is 0 Å². The third-order valence-corrected chi connectivity index (χ3v) is 3.66. The van der Waals surface area contributed by atoms with Crippen molar-refractivity contribution in [3.8, 4) is 0 Å². The number of halogens is 1. The zero-order valence-corrected chi connectivity index (χ0v) is 12.8. The minimum absolute atomic E-state index is 0.273. The van der Waals surface area contributed by atoms with Crippen LogP contribution in [0.4, 0.5) is 4.39 Å². The van der Waals surface area contributed by atoms with Gasteiger partial charge in [-0.05, 0) is 35.9 Å². The summed E-state index contributed by atoms with van der Waals surface area (Å²) in [7, 11) is 2.50. The van der Waals surface area contributed by atoms with E-state index in [9.17, 15) is 9.50 Å². The Kier molecular flexibility index (Phi) is 6.41. The number of benzene rings is 1. The summed E-state index contributed by atoms with van der Waals surface area (Å²) in [6, 6.07) is 4.91. The Morgan fingerprint density at radius 2 is 2.21 bits per heavy atom. The van der Waals surface area contributed by atoms with Crippen LogP contribution >= 0.6 is 9.24 Å². The lowest BCUT2D eigenvalue weighted by Gasteiger charge is -2.12. The minimum Gasteiger partial charge on any atom is -0.389 e. The van der Waals surface area contributed by atoms with E-state index >= 15 is 0 Å². The smallest absolute Gasteiger partial charge is 0.127 e. The summed E-state index contributed by atoms with van der Waals surface area (Å²) in [5.41, 5.74) is 2.56. The molecule has 0 aliphatic rings. The van der Waals surface area contributed by atoms with Crippen molar-refractivity contribution in [2.24, 2.45) is 0 Å². The van der Waals surface area contributed by atoms with Crippen molar-refractivity contribution < 1.29 is 9.50 Å². The Balaban J connectivity index is 2.77. The minimum atomic E-state index is -0.690.